The Bertz CT molecular complexity index is 872. The van der Waals surface area contributed by atoms with Crippen molar-refractivity contribution in [3.63, 3.8) is 0 Å². The number of aromatic nitrogens is 2. The summed E-state index contributed by atoms with van der Waals surface area (Å²) in [7, 11) is 1.31. The summed E-state index contributed by atoms with van der Waals surface area (Å²) in [5, 5.41) is 2.67. The third-order valence-corrected chi connectivity index (χ3v) is 3.78. The Morgan fingerprint density at radius 3 is 2.62 bits per heavy atom. The molecule has 0 aromatic carbocycles. The van der Waals surface area contributed by atoms with Gasteiger partial charge in [0.25, 0.3) is 5.91 Å². The highest BCUT2D eigenvalue weighted by atomic mass is 19.4. The van der Waals surface area contributed by atoms with Gasteiger partial charge in [-0.05, 0) is 18.2 Å². The lowest BCUT2D eigenvalue weighted by Crippen LogP contribution is -2.24. The monoisotopic (exact) mass is 411 g/mol. The molecule has 2 heterocycles. The number of hydrogen-bond donors (Lipinski definition) is 1. The van der Waals surface area contributed by atoms with Crippen LogP contribution in [0.3, 0.4) is 0 Å². The lowest BCUT2D eigenvalue weighted by atomic mass is 10.1. The summed E-state index contributed by atoms with van der Waals surface area (Å²) in [6, 6.07) is 5.76. The molecule has 0 spiro atoms. The van der Waals surface area contributed by atoms with Gasteiger partial charge in [0.15, 0.2) is 6.61 Å². The molecule has 0 bridgehead atoms. The summed E-state index contributed by atoms with van der Waals surface area (Å²) in [5.74, 6) is -0.599. The SMILES string of the molecule is CCC(=O)Cc1cc(C(=O)NCc2ccc(OCC(F)(F)F)nc2OC)ccn1. The van der Waals surface area contributed by atoms with Crippen molar-refractivity contribution in [2.24, 2.45) is 0 Å². The first kappa shape index (κ1) is 22.1. The van der Waals surface area contributed by atoms with Crippen molar-refractivity contribution >= 4 is 11.7 Å². The largest absolute Gasteiger partial charge is 0.481 e. The molecule has 0 saturated carbocycles. The van der Waals surface area contributed by atoms with Crippen molar-refractivity contribution < 1.29 is 32.2 Å². The van der Waals surface area contributed by atoms with Crippen LogP contribution in [0.25, 0.3) is 0 Å². The number of Topliss-reactive ketones (excluding diaryl/α,β-unsaturated/α-hetero) is 1. The number of nitrogens with zero attached hydrogens (tertiary/aromatic N) is 2. The summed E-state index contributed by atoms with van der Waals surface area (Å²) < 4.78 is 46.4. The van der Waals surface area contributed by atoms with Crippen LogP contribution in [-0.4, -0.2) is 41.6 Å². The van der Waals surface area contributed by atoms with Crippen LogP contribution in [0, 0.1) is 0 Å². The molecule has 0 saturated heterocycles. The fourth-order valence-electron chi connectivity index (χ4n) is 2.32. The Balaban J connectivity index is 2.02. The Labute approximate surface area is 165 Å². The number of amides is 1. The molecule has 156 valence electrons. The molecule has 7 nitrogen and oxygen atoms in total. The standard InChI is InChI=1S/C19H20F3N3O4/c1-3-15(26)9-14-8-12(6-7-23-14)17(27)24-10-13-4-5-16(25-18(13)28-2)29-11-19(20,21)22/h4-8H,3,9-11H2,1-2H3,(H,24,27). The molecule has 1 amide bonds. The van der Waals surface area contributed by atoms with Gasteiger partial charge in [-0.1, -0.05) is 6.92 Å². The van der Waals surface area contributed by atoms with Crippen LogP contribution in [0.15, 0.2) is 30.5 Å². The van der Waals surface area contributed by atoms with E-state index in [0.29, 0.717) is 23.2 Å². The minimum absolute atomic E-state index is 0.0127. The molecule has 0 radical (unpaired) electrons. The van der Waals surface area contributed by atoms with E-state index < -0.39 is 18.7 Å². The van der Waals surface area contributed by atoms with Crippen molar-refractivity contribution in [3.8, 4) is 11.8 Å². The van der Waals surface area contributed by atoms with Crippen molar-refractivity contribution in [1.29, 1.82) is 0 Å². The van der Waals surface area contributed by atoms with Gasteiger partial charge in [0, 0.05) is 48.5 Å². The first-order valence-electron chi connectivity index (χ1n) is 8.70. The summed E-state index contributed by atoms with van der Waals surface area (Å²) in [6.45, 7) is 0.310. The maximum Gasteiger partial charge on any atom is 0.422 e. The topological polar surface area (TPSA) is 90.4 Å². The van der Waals surface area contributed by atoms with Crippen LogP contribution in [0.4, 0.5) is 13.2 Å². The minimum Gasteiger partial charge on any atom is -0.481 e. The van der Waals surface area contributed by atoms with Gasteiger partial charge >= 0.3 is 6.18 Å². The van der Waals surface area contributed by atoms with Crippen molar-refractivity contribution in [2.75, 3.05) is 13.7 Å². The van der Waals surface area contributed by atoms with Crippen molar-refractivity contribution in [3.05, 3.63) is 47.3 Å². The molecule has 0 aliphatic rings. The van der Waals surface area contributed by atoms with E-state index >= 15 is 0 Å². The Hall–Kier alpha value is -3.17. The molecule has 29 heavy (non-hydrogen) atoms. The number of carbonyl (C=O) groups is 2. The fourth-order valence-corrected chi connectivity index (χ4v) is 2.32. The van der Waals surface area contributed by atoms with Gasteiger partial charge in [-0.15, -0.1) is 0 Å². The second kappa shape index (κ2) is 9.85. The lowest BCUT2D eigenvalue weighted by Gasteiger charge is -2.12. The second-order valence-electron chi connectivity index (χ2n) is 6.01. The number of halogens is 3. The molecule has 10 heteroatoms. The summed E-state index contributed by atoms with van der Waals surface area (Å²) in [4.78, 5) is 31.8. The van der Waals surface area contributed by atoms with E-state index in [4.69, 9.17) is 4.74 Å². The zero-order chi connectivity index (χ0) is 21.4. The maximum atomic E-state index is 12.4. The van der Waals surface area contributed by atoms with Crippen LogP contribution in [0.2, 0.25) is 0 Å². The van der Waals surface area contributed by atoms with Crippen LogP contribution in [0.1, 0.15) is 35.0 Å². The highest BCUT2D eigenvalue weighted by Crippen LogP contribution is 2.22. The smallest absolute Gasteiger partial charge is 0.422 e. The minimum atomic E-state index is -4.48. The fraction of sp³-hybridized carbons (Fsp3) is 0.368. The van der Waals surface area contributed by atoms with Crippen LogP contribution in [-0.2, 0) is 17.8 Å². The van der Waals surface area contributed by atoms with E-state index in [1.807, 2.05) is 0 Å². The molecule has 0 unspecified atom stereocenters. The molecule has 0 atom stereocenters. The van der Waals surface area contributed by atoms with Gasteiger partial charge in [-0.3, -0.25) is 14.6 Å². The van der Waals surface area contributed by atoms with Crippen LogP contribution in [0.5, 0.6) is 11.8 Å². The Kier molecular flexibility index (Phi) is 7.52. The van der Waals surface area contributed by atoms with Crippen molar-refractivity contribution in [1.82, 2.24) is 15.3 Å². The highest BCUT2D eigenvalue weighted by molar-refractivity contribution is 5.94. The average molecular weight is 411 g/mol. The molecule has 1 N–H and O–H groups in total. The number of ketones is 1. The number of methoxy groups -OCH3 is 1. The van der Waals surface area contributed by atoms with E-state index in [9.17, 15) is 22.8 Å². The van der Waals surface area contributed by atoms with Gasteiger partial charge in [0.2, 0.25) is 11.8 Å². The number of rotatable bonds is 9. The number of carbonyl (C=O) groups excluding carboxylic acids is 2. The number of nitrogens with one attached hydrogen (secondary N) is 1. The molecule has 0 fully saturated rings. The molecular formula is C19H20F3N3O4. The molecule has 0 aliphatic heterocycles. The van der Waals surface area contributed by atoms with Crippen molar-refractivity contribution in [2.45, 2.75) is 32.5 Å². The summed E-state index contributed by atoms with van der Waals surface area (Å²) in [6.07, 6.45) is -2.50. The maximum absolute atomic E-state index is 12.4. The zero-order valence-electron chi connectivity index (χ0n) is 15.9. The molecule has 2 rings (SSSR count). The molecule has 2 aromatic rings. The highest BCUT2D eigenvalue weighted by Gasteiger charge is 2.28. The Morgan fingerprint density at radius 1 is 1.21 bits per heavy atom. The number of pyridine rings is 2. The van der Waals surface area contributed by atoms with Gasteiger partial charge in [0.05, 0.1) is 7.11 Å². The third-order valence-electron chi connectivity index (χ3n) is 3.78. The average Bonchev–Trinajstić information content (AvgIpc) is 2.70. The van der Waals surface area contributed by atoms with Gasteiger partial charge in [0.1, 0.15) is 5.78 Å². The number of alkyl halides is 3. The van der Waals surface area contributed by atoms with E-state index in [1.165, 1.54) is 37.6 Å². The predicted octanol–water partition coefficient (Wildman–Crippen LogP) is 2.88. The Morgan fingerprint density at radius 2 is 1.97 bits per heavy atom. The predicted molar refractivity (Wildman–Crippen MR) is 96.7 cm³/mol. The first-order valence-corrected chi connectivity index (χ1v) is 8.70. The van der Waals surface area contributed by atoms with Gasteiger partial charge in [-0.25, -0.2) is 0 Å². The lowest BCUT2D eigenvalue weighted by molar-refractivity contribution is -0.154. The molecular weight excluding hydrogens is 391 g/mol. The number of ether oxygens (including phenoxy) is 2. The summed E-state index contributed by atoms with van der Waals surface area (Å²) >= 11 is 0. The van der Waals surface area contributed by atoms with Gasteiger partial charge < -0.3 is 14.8 Å². The van der Waals surface area contributed by atoms with E-state index in [-0.39, 0.29) is 30.5 Å². The second-order valence-corrected chi connectivity index (χ2v) is 6.01. The zero-order valence-corrected chi connectivity index (χ0v) is 15.9. The van der Waals surface area contributed by atoms with Gasteiger partial charge in [-0.2, -0.15) is 18.2 Å². The quantitative estimate of drug-likeness (QED) is 0.683. The third kappa shape index (κ3) is 7.05. The first-order chi connectivity index (χ1) is 13.7. The van der Waals surface area contributed by atoms with E-state index in [1.54, 1.807) is 6.92 Å². The number of hydrogen-bond acceptors (Lipinski definition) is 6. The molecule has 2 aromatic heterocycles. The van der Waals surface area contributed by atoms with E-state index in [0.717, 1.165) is 0 Å². The van der Waals surface area contributed by atoms with Crippen LogP contribution >= 0.6 is 0 Å². The normalized spacial score (nSPS) is 11.1. The van der Waals surface area contributed by atoms with Crippen LogP contribution < -0.4 is 14.8 Å². The molecule has 0 aliphatic carbocycles. The van der Waals surface area contributed by atoms with E-state index in [2.05, 4.69) is 20.0 Å². The summed E-state index contributed by atoms with van der Waals surface area (Å²) in [5.41, 5.74) is 1.28.